The molecule has 5 rings (SSSR count). The molecule has 0 saturated carbocycles. The summed E-state index contributed by atoms with van der Waals surface area (Å²) in [4.78, 5) is 4.76. The number of allylic oxidation sites excluding steroid dienone is 1. The molecule has 0 radical (unpaired) electrons. The van der Waals surface area contributed by atoms with E-state index in [-0.39, 0.29) is 5.82 Å². The number of imidazole rings is 1. The monoisotopic (exact) mass is 417 g/mol. The summed E-state index contributed by atoms with van der Waals surface area (Å²) < 4.78 is 16.9. The Balaban J connectivity index is 1.71. The van der Waals surface area contributed by atoms with Gasteiger partial charge in [-0.2, -0.15) is 0 Å². The molecule has 1 aliphatic heterocycles. The Morgan fingerprint density at radius 1 is 1.00 bits per heavy atom. The van der Waals surface area contributed by atoms with Crippen LogP contribution in [0.3, 0.4) is 0 Å². The van der Waals surface area contributed by atoms with Crippen molar-refractivity contribution in [2.24, 2.45) is 0 Å². The number of halogens is 2. The molecule has 5 heteroatoms. The molecule has 0 fully saturated rings. The average molecular weight is 418 g/mol. The van der Waals surface area contributed by atoms with E-state index in [9.17, 15) is 4.39 Å². The fraction of sp³-hybridized carbons (Fsp3) is 0.160. The molecule has 0 bridgehead atoms. The van der Waals surface area contributed by atoms with Crippen molar-refractivity contribution in [1.82, 2.24) is 9.55 Å². The molecule has 0 saturated heterocycles. The van der Waals surface area contributed by atoms with Crippen LogP contribution in [0, 0.1) is 5.82 Å². The van der Waals surface area contributed by atoms with Crippen LogP contribution in [0.2, 0.25) is 5.02 Å². The number of hydrogen-bond donors (Lipinski definition) is 1. The number of anilines is 1. The van der Waals surface area contributed by atoms with Crippen molar-refractivity contribution >= 4 is 34.3 Å². The Labute approximate surface area is 179 Å². The van der Waals surface area contributed by atoms with Gasteiger partial charge in [-0.25, -0.2) is 9.37 Å². The summed E-state index contributed by atoms with van der Waals surface area (Å²) >= 11 is 6.47. The van der Waals surface area contributed by atoms with E-state index >= 15 is 0 Å². The van der Waals surface area contributed by atoms with Crippen LogP contribution in [0.1, 0.15) is 42.5 Å². The highest BCUT2D eigenvalue weighted by atomic mass is 35.5. The SMILES string of the molecule is CC(C)c1ccc(C2=C[C@@H](c3c(F)cccc3Cl)n3c(nc4ccccc43)N2)cc1. The van der Waals surface area contributed by atoms with Gasteiger partial charge in [0.15, 0.2) is 0 Å². The van der Waals surface area contributed by atoms with Gasteiger partial charge in [-0.1, -0.05) is 67.9 Å². The molecule has 0 amide bonds. The van der Waals surface area contributed by atoms with Crippen molar-refractivity contribution in [2.45, 2.75) is 25.8 Å². The molecule has 3 aromatic carbocycles. The first-order chi connectivity index (χ1) is 14.5. The van der Waals surface area contributed by atoms with Crippen molar-refractivity contribution in [3.63, 3.8) is 0 Å². The molecule has 4 aromatic rings. The van der Waals surface area contributed by atoms with E-state index in [0.717, 1.165) is 22.3 Å². The highest BCUT2D eigenvalue weighted by molar-refractivity contribution is 6.31. The third-order valence-electron chi connectivity index (χ3n) is 5.63. The van der Waals surface area contributed by atoms with Crippen LogP contribution in [0.15, 0.2) is 72.8 Å². The van der Waals surface area contributed by atoms with Gasteiger partial charge >= 0.3 is 0 Å². The fourth-order valence-corrected chi connectivity index (χ4v) is 4.31. The minimum Gasteiger partial charge on any atom is -0.325 e. The third kappa shape index (κ3) is 3.08. The quantitative estimate of drug-likeness (QED) is 0.388. The number of hydrogen-bond acceptors (Lipinski definition) is 2. The van der Waals surface area contributed by atoms with Crippen LogP contribution in [-0.4, -0.2) is 9.55 Å². The molecule has 1 aromatic heterocycles. The van der Waals surface area contributed by atoms with Crippen molar-refractivity contribution in [1.29, 1.82) is 0 Å². The maximum atomic E-state index is 14.9. The van der Waals surface area contributed by atoms with Gasteiger partial charge in [0.05, 0.1) is 17.1 Å². The fourth-order valence-electron chi connectivity index (χ4n) is 4.03. The molecule has 2 heterocycles. The van der Waals surface area contributed by atoms with E-state index in [4.69, 9.17) is 16.6 Å². The first kappa shape index (κ1) is 18.9. The molecule has 1 aliphatic rings. The third-order valence-corrected chi connectivity index (χ3v) is 5.96. The average Bonchev–Trinajstić information content (AvgIpc) is 3.12. The van der Waals surface area contributed by atoms with E-state index in [0.29, 0.717) is 22.5 Å². The molecule has 3 nitrogen and oxygen atoms in total. The second kappa shape index (κ2) is 7.29. The Morgan fingerprint density at radius 3 is 2.50 bits per heavy atom. The largest absolute Gasteiger partial charge is 0.325 e. The second-order valence-corrected chi connectivity index (χ2v) is 8.26. The zero-order valence-electron chi connectivity index (χ0n) is 16.7. The minimum absolute atomic E-state index is 0.330. The Morgan fingerprint density at radius 2 is 1.77 bits per heavy atom. The van der Waals surface area contributed by atoms with Crippen LogP contribution in [0.25, 0.3) is 16.7 Å². The van der Waals surface area contributed by atoms with Gasteiger partial charge in [0.2, 0.25) is 5.95 Å². The van der Waals surface area contributed by atoms with Crippen LogP contribution >= 0.6 is 11.6 Å². The maximum absolute atomic E-state index is 14.9. The number of nitrogens with one attached hydrogen (secondary N) is 1. The van der Waals surface area contributed by atoms with Gasteiger partial charge in [0.1, 0.15) is 5.82 Å². The number of para-hydroxylation sites is 2. The first-order valence-electron chi connectivity index (χ1n) is 10.0. The summed E-state index contributed by atoms with van der Waals surface area (Å²) in [6, 6.07) is 20.7. The summed E-state index contributed by atoms with van der Waals surface area (Å²) in [5.41, 5.74) is 5.40. The highest BCUT2D eigenvalue weighted by Gasteiger charge is 2.28. The van der Waals surface area contributed by atoms with Gasteiger partial charge in [-0.05, 0) is 47.4 Å². The van der Waals surface area contributed by atoms with Gasteiger partial charge in [-0.3, -0.25) is 4.57 Å². The van der Waals surface area contributed by atoms with Crippen molar-refractivity contribution in [3.8, 4) is 0 Å². The summed E-state index contributed by atoms with van der Waals surface area (Å²) in [7, 11) is 0. The number of rotatable bonds is 3. The molecule has 1 atom stereocenters. The molecule has 150 valence electrons. The van der Waals surface area contributed by atoms with Crippen LogP contribution in [0.5, 0.6) is 0 Å². The Hall–Kier alpha value is -3.11. The topological polar surface area (TPSA) is 29.9 Å². The zero-order chi connectivity index (χ0) is 20.8. The van der Waals surface area contributed by atoms with E-state index in [1.54, 1.807) is 12.1 Å². The van der Waals surface area contributed by atoms with Crippen LogP contribution in [-0.2, 0) is 0 Å². The predicted octanol–water partition coefficient (Wildman–Crippen LogP) is 7.01. The van der Waals surface area contributed by atoms with Crippen molar-refractivity contribution in [2.75, 3.05) is 5.32 Å². The standard InChI is InChI=1S/C25H21ClFN3/c1-15(2)16-10-12-17(13-11-16)21-14-23(24-18(26)6-5-7-19(24)27)30-22-9-4-3-8-20(22)28-25(30)29-21/h3-15,23H,1-2H3,(H,28,29)/t23-/m0/s1. The second-order valence-electron chi connectivity index (χ2n) is 7.86. The molecule has 0 unspecified atom stereocenters. The van der Waals surface area contributed by atoms with E-state index in [1.165, 1.54) is 11.6 Å². The smallest absolute Gasteiger partial charge is 0.209 e. The molecule has 30 heavy (non-hydrogen) atoms. The van der Waals surface area contributed by atoms with Gasteiger partial charge in [0, 0.05) is 16.3 Å². The molecule has 0 spiro atoms. The van der Waals surface area contributed by atoms with Crippen LogP contribution in [0.4, 0.5) is 10.3 Å². The van der Waals surface area contributed by atoms with Gasteiger partial charge < -0.3 is 5.32 Å². The van der Waals surface area contributed by atoms with E-state index < -0.39 is 6.04 Å². The van der Waals surface area contributed by atoms with Crippen LogP contribution < -0.4 is 5.32 Å². The van der Waals surface area contributed by atoms with E-state index in [1.807, 2.05) is 34.9 Å². The number of nitrogens with zero attached hydrogens (tertiary/aromatic N) is 2. The lowest BCUT2D eigenvalue weighted by Gasteiger charge is -2.27. The molecule has 0 aliphatic carbocycles. The van der Waals surface area contributed by atoms with E-state index in [2.05, 4.69) is 43.4 Å². The normalized spacial score (nSPS) is 15.8. The lowest BCUT2D eigenvalue weighted by atomic mass is 9.98. The van der Waals surface area contributed by atoms with Gasteiger partial charge in [0.25, 0.3) is 0 Å². The first-order valence-corrected chi connectivity index (χ1v) is 10.4. The Kier molecular flexibility index (Phi) is 4.59. The summed E-state index contributed by atoms with van der Waals surface area (Å²) in [6.07, 6.45) is 2.02. The number of fused-ring (bicyclic) bond motifs is 3. The summed E-state index contributed by atoms with van der Waals surface area (Å²) in [5.74, 6) is 0.802. The maximum Gasteiger partial charge on any atom is 0.209 e. The lowest BCUT2D eigenvalue weighted by molar-refractivity contribution is 0.584. The summed E-state index contributed by atoms with van der Waals surface area (Å²) in [5, 5.41) is 3.84. The predicted molar refractivity (Wildman–Crippen MR) is 121 cm³/mol. The highest BCUT2D eigenvalue weighted by Crippen LogP contribution is 2.40. The minimum atomic E-state index is -0.415. The van der Waals surface area contributed by atoms with Gasteiger partial charge in [-0.15, -0.1) is 0 Å². The Bertz CT molecular complexity index is 1250. The summed E-state index contributed by atoms with van der Waals surface area (Å²) in [6.45, 7) is 4.34. The number of benzene rings is 3. The zero-order valence-corrected chi connectivity index (χ0v) is 17.5. The molecular weight excluding hydrogens is 397 g/mol. The van der Waals surface area contributed by atoms with Crippen molar-refractivity contribution in [3.05, 3.63) is 100 Å². The number of aromatic nitrogens is 2. The van der Waals surface area contributed by atoms with Crippen molar-refractivity contribution < 1.29 is 4.39 Å². The molecule has 1 N–H and O–H groups in total. The molecular formula is C25H21ClFN3. The lowest BCUT2D eigenvalue weighted by Crippen LogP contribution is -2.20.